The van der Waals surface area contributed by atoms with Gasteiger partial charge in [-0.15, -0.1) is 0 Å². The molecule has 3 N–H and O–H groups in total. The van der Waals surface area contributed by atoms with E-state index in [1.807, 2.05) is 48.5 Å². The number of hydrogen-bond donors (Lipinski definition) is 3. The number of nitrogens with zero attached hydrogens (tertiary/aromatic N) is 3. The number of carboxylic acids is 1. The summed E-state index contributed by atoms with van der Waals surface area (Å²) in [7, 11) is 0. The summed E-state index contributed by atoms with van der Waals surface area (Å²) < 4.78 is 6.00. The number of halogens is 1. The number of pyridine rings is 1. The maximum Gasteiger partial charge on any atom is 0.306 e. The van der Waals surface area contributed by atoms with Gasteiger partial charge in [-0.1, -0.05) is 48.0 Å². The minimum absolute atomic E-state index is 0.00704. The second-order valence-electron chi connectivity index (χ2n) is 10.8. The Morgan fingerprint density at radius 1 is 0.878 bits per heavy atom. The van der Waals surface area contributed by atoms with Crippen molar-refractivity contribution in [3.8, 4) is 28.4 Å². The maximum atomic E-state index is 12.8. The fourth-order valence-corrected chi connectivity index (χ4v) is 5.88. The Kier molecular flexibility index (Phi) is 7.64. The van der Waals surface area contributed by atoms with Crippen LogP contribution in [0.4, 0.5) is 0 Å². The zero-order valence-corrected chi connectivity index (χ0v) is 23.2. The molecule has 2 aromatic carbocycles. The van der Waals surface area contributed by atoms with Gasteiger partial charge in [-0.2, -0.15) is 4.98 Å². The fourth-order valence-electron chi connectivity index (χ4n) is 5.62. The van der Waals surface area contributed by atoms with Crippen LogP contribution in [0.15, 0.2) is 54.6 Å². The number of aliphatic carboxylic acids is 1. The number of piperidine rings is 1. The lowest BCUT2D eigenvalue weighted by atomic mass is 9.87. The SMILES string of the molecule is O=C(c1ccc(-c2ccc(-c3nc4nc(O[C@H]5CC[C@H](C(=O)O)CC5)[nH]c4cc3Cl)cc2)cc1)N1CCC(O)CC1. The molecule has 0 atom stereocenters. The third-order valence-corrected chi connectivity index (χ3v) is 8.37. The average molecular weight is 575 g/mol. The van der Waals surface area contributed by atoms with E-state index in [1.165, 1.54) is 0 Å². The van der Waals surface area contributed by atoms with Gasteiger partial charge in [-0.3, -0.25) is 9.59 Å². The van der Waals surface area contributed by atoms with E-state index >= 15 is 0 Å². The van der Waals surface area contributed by atoms with Crippen molar-refractivity contribution in [1.82, 2.24) is 19.9 Å². The number of aliphatic hydroxyl groups is 1. The molecule has 212 valence electrons. The topological polar surface area (TPSA) is 129 Å². The van der Waals surface area contributed by atoms with Gasteiger partial charge in [-0.05, 0) is 67.9 Å². The molecule has 3 heterocycles. The van der Waals surface area contributed by atoms with E-state index in [4.69, 9.17) is 16.3 Å². The first kappa shape index (κ1) is 27.2. The van der Waals surface area contributed by atoms with Crippen LogP contribution in [-0.2, 0) is 4.79 Å². The molecule has 0 bridgehead atoms. The van der Waals surface area contributed by atoms with Crippen molar-refractivity contribution in [1.29, 1.82) is 0 Å². The van der Waals surface area contributed by atoms with Gasteiger partial charge in [0.1, 0.15) is 6.10 Å². The summed E-state index contributed by atoms with van der Waals surface area (Å²) in [6.07, 6.45) is 3.37. The number of hydrogen-bond acceptors (Lipinski definition) is 6. The van der Waals surface area contributed by atoms with Crippen LogP contribution in [0.3, 0.4) is 0 Å². The van der Waals surface area contributed by atoms with Crippen molar-refractivity contribution in [2.24, 2.45) is 5.92 Å². The first-order valence-electron chi connectivity index (χ1n) is 14.0. The van der Waals surface area contributed by atoms with Gasteiger partial charge < -0.3 is 24.8 Å². The molecule has 1 aliphatic carbocycles. The Bertz CT molecular complexity index is 1550. The Balaban J connectivity index is 1.14. The number of benzene rings is 2. The number of likely N-dealkylation sites (tertiary alicyclic amines) is 1. The Morgan fingerprint density at radius 3 is 2.12 bits per heavy atom. The van der Waals surface area contributed by atoms with Gasteiger partial charge >= 0.3 is 5.97 Å². The van der Waals surface area contributed by atoms with Gasteiger partial charge in [0.05, 0.1) is 28.3 Å². The van der Waals surface area contributed by atoms with Crippen LogP contribution in [0.1, 0.15) is 48.9 Å². The number of carbonyl (C=O) groups is 2. The standard InChI is InChI=1S/C31H31ClN4O5/c32-25-17-26-28(35-31(33-26)41-24-11-9-22(10-12-24)30(39)40)34-27(25)20-5-1-18(2-6-20)19-3-7-21(8-4-19)29(38)36-15-13-23(37)14-16-36/h1-8,17,22-24,37H,9-16H2,(H,39,40)(H,33,34,35)/t22-,24-. The van der Waals surface area contributed by atoms with Crippen molar-refractivity contribution in [2.45, 2.75) is 50.7 Å². The van der Waals surface area contributed by atoms with Crippen molar-refractivity contribution in [3.05, 3.63) is 65.2 Å². The first-order valence-corrected chi connectivity index (χ1v) is 14.4. The highest BCUT2D eigenvalue weighted by atomic mass is 35.5. The van der Waals surface area contributed by atoms with Crippen molar-refractivity contribution in [2.75, 3.05) is 13.1 Å². The number of amides is 1. The summed E-state index contributed by atoms with van der Waals surface area (Å²) in [5.74, 6) is -1.05. The zero-order chi connectivity index (χ0) is 28.5. The van der Waals surface area contributed by atoms with E-state index in [9.17, 15) is 19.8 Å². The molecule has 2 aliphatic rings. The second-order valence-corrected chi connectivity index (χ2v) is 11.2. The van der Waals surface area contributed by atoms with E-state index in [0.717, 1.165) is 16.7 Å². The molecule has 41 heavy (non-hydrogen) atoms. The molecular formula is C31H31ClN4O5. The number of nitrogens with one attached hydrogen (secondary N) is 1. The van der Waals surface area contributed by atoms with Crippen LogP contribution >= 0.6 is 11.6 Å². The van der Waals surface area contributed by atoms with E-state index in [2.05, 4.69) is 15.0 Å². The minimum Gasteiger partial charge on any atom is -0.481 e. The number of ether oxygens (including phenoxy) is 1. The summed E-state index contributed by atoms with van der Waals surface area (Å²) in [5.41, 5.74) is 5.24. The number of carbonyl (C=O) groups excluding carboxylic acids is 1. The van der Waals surface area contributed by atoms with Crippen LogP contribution in [0.5, 0.6) is 6.01 Å². The van der Waals surface area contributed by atoms with Gasteiger partial charge in [0, 0.05) is 24.2 Å². The molecule has 1 amide bonds. The quantitative estimate of drug-likeness (QED) is 0.275. The Hall–Kier alpha value is -3.95. The molecule has 0 spiro atoms. The molecule has 2 fully saturated rings. The van der Waals surface area contributed by atoms with Crippen molar-refractivity contribution >= 4 is 34.6 Å². The molecule has 6 rings (SSSR count). The number of aromatic amines is 1. The number of aromatic nitrogens is 3. The smallest absolute Gasteiger partial charge is 0.306 e. The summed E-state index contributed by atoms with van der Waals surface area (Å²) in [6, 6.07) is 17.6. The van der Waals surface area contributed by atoms with Crippen LogP contribution in [-0.4, -0.2) is 67.2 Å². The molecular weight excluding hydrogens is 544 g/mol. The lowest BCUT2D eigenvalue weighted by molar-refractivity contribution is -0.143. The Labute approximate surface area is 242 Å². The number of imidazole rings is 1. The number of H-pyrrole nitrogens is 1. The predicted octanol–water partition coefficient (Wildman–Crippen LogP) is 5.56. The van der Waals surface area contributed by atoms with Crippen LogP contribution in [0, 0.1) is 5.92 Å². The summed E-state index contributed by atoms with van der Waals surface area (Å²) >= 11 is 6.60. The van der Waals surface area contributed by atoms with Crippen molar-refractivity contribution < 1.29 is 24.5 Å². The van der Waals surface area contributed by atoms with Crippen LogP contribution in [0.25, 0.3) is 33.5 Å². The maximum absolute atomic E-state index is 12.8. The molecule has 10 heteroatoms. The highest BCUT2D eigenvalue weighted by Crippen LogP contribution is 2.32. The lowest BCUT2D eigenvalue weighted by Gasteiger charge is -2.29. The van der Waals surface area contributed by atoms with Gasteiger partial charge in [0.25, 0.3) is 11.9 Å². The predicted molar refractivity (Wildman–Crippen MR) is 155 cm³/mol. The molecule has 4 aromatic rings. The molecule has 0 radical (unpaired) electrons. The number of carboxylic acid groups (broad SMARTS) is 1. The number of rotatable bonds is 6. The highest BCUT2D eigenvalue weighted by Gasteiger charge is 2.28. The normalized spacial score (nSPS) is 19.8. The average Bonchev–Trinajstić information content (AvgIpc) is 3.38. The highest BCUT2D eigenvalue weighted by molar-refractivity contribution is 6.33. The molecule has 1 saturated carbocycles. The lowest BCUT2D eigenvalue weighted by Crippen LogP contribution is -2.40. The summed E-state index contributed by atoms with van der Waals surface area (Å²) in [4.78, 5) is 38.1. The molecule has 1 saturated heterocycles. The molecule has 1 aliphatic heterocycles. The zero-order valence-electron chi connectivity index (χ0n) is 22.4. The van der Waals surface area contributed by atoms with E-state index in [0.29, 0.717) is 85.1 Å². The van der Waals surface area contributed by atoms with Gasteiger partial charge in [-0.25, -0.2) is 4.98 Å². The fraction of sp³-hybridized carbons (Fsp3) is 0.355. The molecule has 9 nitrogen and oxygen atoms in total. The second kappa shape index (κ2) is 11.5. The van der Waals surface area contributed by atoms with Crippen LogP contribution < -0.4 is 4.74 Å². The minimum atomic E-state index is -0.743. The Morgan fingerprint density at radius 2 is 1.49 bits per heavy atom. The van der Waals surface area contributed by atoms with E-state index in [1.54, 1.807) is 11.0 Å². The monoisotopic (exact) mass is 574 g/mol. The number of aliphatic hydroxyl groups excluding tert-OH is 1. The third kappa shape index (κ3) is 5.92. The largest absolute Gasteiger partial charge is 0.481 e. The van der Waals surface area contributed by atoms with Gasteiger partial charge in [0.15, 0.2) is 5.65 Å². The van der Waals surface area contributed by atoms with Crippen LogP contribution in [0.2, 0.25) is 5.02 Å². The first-order chi connectivity index (χ1) is 19.8. The van der Waals surface area contributed by atoms with E-state index in [-0.39, 0.29) is 24.0 Å². The number of fused-ring (bicyclic) bond motifs is 1. The third-order valence-electron chi connectivity index (χ3n) is 8.08. The summed E-state index contributed by atoms with van der Waals surface area (Å²) in [6.45, 7) is 1.15. The van der Waals surface area contributed by atoms with Gasteiger partial charge in [0.2, 0.25) is 0 Å². The summed E-state index contributed by atoms with van der Waals surface area (Å²) in [5, 5.41) is 19.4. The van der Waals surface area contributed by atoms with Crippen molar-refractivity contribution in [3.63, 3.8) is 0 Å². The molecule has 2 aromatic heterocycles. The molecule has 0 unspecified atom stereocenters. The van der Waals surface area contributed by atoms with E-state index < -0.39 is 5.97 Å².